The Kier molecular flexibility index (Phi) is 10.1. The zero-order valence-electron chi connectivity index (χ0n) is 38.6. The first kappa shape index (κ1) is 41.2. The maximum atomic E-state index is 2.46. The van der Waals surface area contributed by atoms with Gasteiger partial charge in [-0.2, -0.15) is 0 Å². The second-order valence-corrected chi connectivity index (χ2v) is 18.4. The molecule has 12 aromatic carbocycles. The van der Waals surface area contributed by atoms with Crippen LogP contribution in [0, 0.1) is 0 Å². The number of hydrogen-bond acceptors (Lipinski definition) is 1. The van der Waals surface area contributed by atoms with Gasteiger partial charge in [-0.3, -0.25) is 0 Å². The van der Waals surface area contributed by atoms with Crippen molar-refractivity contribution in [2.75, 3.05) is 4.90 Å². The Morgan fingerprint density at radius 1 is 0.229 bits per heavy atom. The molecule has 328 valence electrons. The molecule has 0 saturated carbocycles. The summed E-state index contributed by atoms with van der Waals surface area (Å²) in [6.07, 6.45) is 0. The minimum Gasteiger partial charge on any atom is -0.310 e. The molecule has 0 aromatic heterocycles. The molecule has 1 nitrogen and oxygen atoms in total. The molecule has 0 radical (unpaired) electrons. The van der Waals surface area contributed by atoms with Gasteiger partial charge in [0.15, 0.2) is 0 Å². The average Bonchev–Trinajstić information content (AvgIpc) is 3.74. The molecule has 0 fully saturated rings. The standard InChI is InChI=1S/C69H47N/c1-5-18-49(19-6-1)61-43-37-53(46-66(61)50-20-7-2-8-21-50)48-32-38-56(39-33-48)70(57-40-34-52(35-41-57)60-29-17-30-62-59-27-14-13-22-51(59)36-44-63(60)62)58-42-45-65-64-28-15-16-31-67(64)69(68(65)47-58,54-23-9-3-10-24-54)55-25-11-4-12-26-55/h1-47H. The van der Waals surface area contributed by atoms with Gasteiger partial charge in [0, 0.05) is 17.1 Å². The predicted octanol–water partition coefficient (Wildman–Crippen LogP) is 18.5. The lowest BCUT2D eigenvalue weighted by atomic mass is 9.67. The van der Waals surface area contributed by atoms with Gasteiger partial charge in [-0.15, -0.1) is 0 Å². The van der Waals surface area contributed by atoms with Crippen LogP contribution in [0.1, 0.15) is 22.3 Å². The molecule has 1 aliphatic rings. The lowest BCUT2D eigenvalue weighted by Gasteiger charge is -2.35. The first-order chi connectivity index (χ1) is 34.7. The maximum absolute atomic E-state index is 2.46. The van der Waals surface area contributed by atoms with Crippen molar-refractivity contribution in [1.29, 1.82) is 0 Å². The third-order valence-corrected chi connectivity index (χ3v) is 14.6. The number of fused-ring (bicyclic) bond motifs is 6. The van der Waals surface area contributed by atoms with Crippen LogP contribution in [-0.2, 0) is 5.41 Å². The van der Waals surface area contributed by atoms with E-state index in [4.69, 9.17) is 0 Å². The highest BCUT2D eigenvalue weighted by Crippen LogP contribution is 2.57. The lowest BCUT2D eigenvalue weighted by molar-refractivity contribution is 0.768. The second kappa shape index (κ2) is 17.2. The van der Waals surface area contributed by atoms with E-state index in [2.05, 4.69) is 290 Å². The van der Waals surface area contributed by atoms with E-state index in [9.17, 15) is 0 Å². The summed E-state index contributed by atoms with van der Waals surface area (Å²) in [7, 11) is 0. The number of benzene rings is 12. The summed E-state index contributed by atoms with van der Waals surface area (Å²) in [4.78, 5) is 2.43. The largest absolute Gasteiger partial charge is 0.310 e. The summed E-state index contributed by atoms with van der Waals surface area (Å²) in [6.45, 7) is 0. The maximum Gasteiger partial charge on any atom is 0.0714 e. The van der Waals surface area contributed by atoms with Crippen LogP contribution in [0.2, 0.25) is 0 Å². The van der Waals surface area contributed by atoms with Crippen molar-refractivity contribution < 1.29 is 0 Å². The Morgan fingerprint density at radius 3 is 1.40 bits per heavy atom. The van der Waals surface area contributed by atoms with Gasteiger partial charge in [0.1, 0.15) is 0 Å². The van der Waals surface area contributed by atoms with Gasteiger partial charge in [0.05, 0.1) is 5.41 Å². The summed E-state index contributed by atoms with van der Waals surface area (Å²) in [5.41, 5.74) is 19.9. The van der Waals surface area contributed by atoms with Gasteiger partial charge in [-0.1, -0.05) is 243 Å². The van der Waals surface area contributed by atoms with Crippen molar-refractivity contribution in [1.82, 2.24) is 0 Å². The first-order valence-electron chi connectivity index (χ1n) is 24.2. The molecule has 0 heterocycles. The molecule has 0 spiro atoms. The summed E-state index contributed by atoms with van der Waals surface area (Å²) in [6, 6.07) is 105. The van der Waals surface area contributed by atoms with Gasteiger partial charge < -0.3 is 4.90 Å². The van der Waals surface area contributed by atoms with Crippen LogP contribution in [0.15, 0.2) is 285 Å². The number of hydrogen-bond donors (Lipinski definition) is 0. The Balaban J connectivity index is 0.971. The SMILES string of the molecule is c1ccc(-c2ccc(-c3ccc(N(c4ccc(-c5cccc6c5ccc5ccccc56)cc4)c4ccc5c(c4)C(c4ccccc4)(c4ccccc4)c4ccccc4-5)cc3)cc2-c2ccccc2)cc1. The third kappa shape index (κ3) is 6.86. The van der Waals surface area contributed by atoms with Crippen molar-refractivity contribution >= 4 is 38.6 Å². The molecule has 12 aromatic rings. The second-order valence-electron chi connectivity index (χ2n) is 18.4. The fourth-order valence-electron chi connectivity index (χ4n) is 11.4. The molecule has 0 aliphatic heterocycles. The monoisotopic (exact) mass is 889 g/mol. The molecule has 1 aliphatic carbocycles. The van der Waals surface area contributed by atoms with E-state index in [0.29, 0.717) is 0 Å². The van der Waals surface area contributed by atoms with Crippen molar-refractivity contribution in [3.8, 4) is 55.6 Å². The van der Waals surface area contributed by atoms with Crippen LogP contribution in [0.25, 0.3) is 77.2 Å². The topological polar surface area (TPSA) is 3.24 Å². The van der Waals surface area contributed by atoms with E-state index in [1.807, 2.05) is 0 Å². The molecule has 13 rings (SSSR count). The van der Waals surface area contributed by atoms with E-state index >= 15 is 0 Å². The Bertz CT molecular complexity index is 3800. The highest BCUT2D eigenvalue weighted by Gasteiger charge is 2.46. The fourth-order valence-corrected chi connectivity index (χ4v) is 11.4. The van der Waals surface area contributed by atoms with Gasteiger partial charge in [-0.05, 0) is 142 Å². The summed E-state index contributed by atoms with van der Waals surface area (Å²) < 4.78 is 0. The fraction of sp³-hybridized carbons (Fsp3) is 0.0145. The van der Waals surface area contributed by atoms with E-state index in [-0.39, 0.29) is 0 Å². The molecule has 0 saturated heterocycles. The van der Waals surface area contributed by atoms with E-state index in [0.717, 1.165) is 22.6 Å². The molecular weight excluding hydrogens is 843 g/mol. The zero-order chi connectivity index (χ0) is 46.4. The minimum absolute atomic E-state index is 0.523. The average molecular weight is 890 g/mol. The smallest absolute Gasteiger partial charge is 0.0714 e. The van der Waals surface area contributed by atoms with Crippen molar-refractivity contribution in [3.63, 3.8) is 0 Å². The quantitative estimate of drug-likeness (QED) is 0.131. The van der Waals surface area contributed by atoms with Gasteiger partial charge in [0.25, 0.3) is 0 Å². The zero-order valence-corrected chi connectivity index (χ0v) is 38.6. The number of anilines is 3. The molecule has 0 unspecified atom stereocenters. The molecule has 70 heavy (non-hydrogen) atoms. The van der Waals surface area contributed by atoms with Crippen molar-refractivity contribution in [2.45, 2.75) is 5.41 Å². The summed E-state index contributed by atoms with van der Waals surface area (Å²) >= 11 is 0. The van der Waals surface area contributed by atoms with Crippen LogP contribution in [-0.4, -0.2) is 0 Å². The predicted molar refractivity (Wildman–Crippen MR) is 295 cm³/mol. The van der Waals surface area contributed by atoms with Crippen LogP contribution < -0.4 is 4.90 Å². The molecule has 0 atom stereocenters. The molecule has 0 amide bonds. The molecule has 1 heteroatoms. The van der Waals surface area contributed by atoms with E-state index < -0.39 is 5.41 Å². The van der Waals surface area contributed by atoms with Gasteiger partial charge in [-0.25, -0.2) is 0 Å². The van der Waals surface area contributed by atoms with Crippen LogP contribution >= 0.6 is 0 Å². The lowest BCUT2D eigenvalue weighted by Crippen LogP contribution is -2.28. The highest BCUT2D eigenvalue weighted by molar-refractivity contribution is 6.12. The Hall–Kier alpha value is -9.04. The van der Waals surface area contributed by atoms with E-state index in [1.54, 1.807) is 0 Å². The number of rotatable bonds is 9. The third-order valence-electron chi connectivity index (χ3n) is 14.6. The number of nitrogens with zero attached hydrogens (tertiary/aromatic N) is 1. The molecular formula is C69H47N. The van der Waals surface area contributed by atoms with Crippen molar-refractivity contribution in [2.24, 2.45) is 0 Å². The van der Waals surface area contributed by atoms with E-state index in [1.165, 1.54) is 93.9 Å². The minimum atomic E-state index is -0.523. The Morgan fingerprint density at radius 2 is 0.714 bits per heavy atom. The highest BCUT2D eigenvalue weighted by atomic mass is 15.1. The Labute approximate surface area is 409 Å². The van der Waals surface area contributed by atoms with Crippen molar-refractivity contribution in [3.05, 3.63) is 307 Å². The first-order valence-corrected chi connectivity index (χ1v) is 24.2. The van der Waals surface area contributed by atoms with Gasteiger partial charge >= 0.3 is 0 Å². The van der Waals surface area contributed by atoms with Gasteiger partial charge in [0.2, 0.25) is 0 Å². The van der Waals surface area contributed by atoms with Crippen LogP contribution in [0.5, 0.6) is 0 Å². The molecule has 0 N–H and O–H groups in total. The normalized spacial score (nSPS) is 12.4. The molecule has 0 bridgehead atoms. The van der Waals surface area contributed by atoms with Crippen LogP contribution in [0.4, 0.5) is 17.1 Å². The summed E-state index contributed by atoms with van der Waals surface area (Å²) in [5.74, 6) is 0. The summed E-state index contributed by atoms with van der Waals surface area (Å²) in [5, 5.41) is 5.06. The van der Waals surface area contributed by atoms with Crippen LogP contribution in [0.3, 0.4) is 0 Å².